The van der Waals surface area contributed by atoms with Crippen molar-refractivity contribution in [1.82, 2.24) is 4.72 Å². The Balaban J connectivity index is 1.94. The van der Waals surface area contributed by atoms with Crippen molar-refractivity contribution in [1.29, 1.82) is 0 Å². The Bertz CT molecular complexity index is 921. The molecule has 2 aliphatic rings. The molecule has 0 bridgehead atoms. The summed E-state index contributed by atoms with van der Waals surface area (Å²) < 4.78 is 74.1. The number of rotatable bonds is 7. The van der Waals surface area contributed by atoms with Crippen molar-refractivity contribution in [3.8, 4) is 0 Å². The van der Waals surface area contributed by atoms with E-state index < -0.39 is 44.2 Å². The fourth-order valence-electron chi connectivity index (χ4n) is 3.24. The zero-order valence-electron chi connectivity index (χ0n) is 16.4. The van der Waals surface area contributed by atoms with E-state index in [9.17, 15) is 26.4 Å². The second kappa shape index (κ2) is 8.93. The molecule has 2 fully saturated rings. The van der Waals surface area contributed by atoms with E-state index in [2.05, 4.69) is 5.16 Å². The van der Waals surface area contributed by atoms with Crippen LogP contribution in [0.2, 0.25) is 0 Å². The second-order valence-corrected chi connectivity index (χ2v) is 8.87. The van der Waals surface area contributed by atoms with Crippen molar-refractivity contribution in [2.45, 2.75) is 68.7 Å². The molecule has 1 aliphatic heterocycles. The minimum atomic E-state index is -4.83. The molecule has 0 radical (unpaired) electrons. The number of carbonyl (C=O) groups excluding carboxylic acids is 1. The lowest BCUT2D eigenvalue weighted by Crippen LogP contribution is -2.41. The zero-order chi connectivity index (χ0) is 21.9. The minimum Gasteiger partial charge on any atom is -0.392 e. The SMILES string of the molecule is CCc1c(S(=O)(=O)NC(=O)C2CCCCO2)ccc(/C=N/OC2CC2)c1C(F)(F)F. The normalized spacial score (nSPS) is 20.3. The molecule has 1 N–H and O–H groups in total. The van der Waals surface area contributed by atoms with Crippen LogP contribution in [-0.2, 0) is 37.0 Å². The third kappa shape index (κ3) is 5.31. The minimum absolute atomic E-state index is 0.0851. The zero-order valence-corrected chi connectivity index (χ0v) is 17.2. The molecule has 1 aliphatic carbocycles. The number of carbonyl (C=O) groups is 1. The topological polar surface area (TPSA) is 94.1 Å². The van der Waals surface area contributed by atoms with Gasteiger partial charge in [-0.1, -0.05) is 18.1 Å². The van der Waals surface area contributed by atoms with Gasteiger partial charge in [0.05, 0.1) is 16.7 Å². The fourth-order valence-corrected chi connectivity index (χ4v) is 4.56. The molecule has 1 amide bonds. The average Bonchev–Trinajstić information content (AvgIpc) is 3.51. The fraction of sp³-hybridized carbons (Fsp3) is 0.579. The lowest BCUT2D eigenvalue weighted by molar-refractivity contribution is -0.138. The van der Waals surface area contributed by atoms with E-state index in [-0.39, 0.29) is 18.1 Å². The highest BCUT2D eigenvalue weighted by Gasteiger charge is 2.39. The van der Waals surface area contributed by atoms with E-state index in [0.717, 1.165) is 37.6 Å². The molecule has 1 unspecified atom stereocenters. The monoisotopic (exact) mass is 448 g/mol. The molecule has 0 aromatic heterocycles. The van der Waals surface area contributed by atoms with Crippen LogP contribution in [0.1, 0.15) is 55.7 Å². The number of benzene rings is 1. The van der Waals surface area contributed by atoms with Gasteiger partial charge in [-0.3, -0.25) is 4.79 Å². The van der Waals surface area contributed by atoms with Crippen molar-refractivity contribution in [2.24, 2.45) is 5.16 Å². The molecule has 7 nitrogen and oxygen atoms in total. The van der Waals surface area contributed by atoms with Crippen LogP contribution < -0.4 is 4.72 Å². The quantitative estimate of drug-likeness (QED) is 0.511. The molecule has 1 heterocycles. The summed E-state index contributed by atoms with van der Waals surface area (Å²) >= 11 is 0. The number of sulfonamides is 1. The van der Waals surface area contributed by atoms with Gasteiger partial charge in [0.25, 0.3) is 15.9 Å². The van der Waals surface area contributed by atoms with E-state index >= 15 is 0 Å². The van der Waals surface area contributed by atoms with Crippen LogP contribution in [0.25, 0.3) is 0 Å². The molecule has 1 aromatic rings. The molecule has 3 rings (SSSR count). The van der Waals surface area contributed by atoms with Crippen molar-refractivity contribution in [3.63, 3.8) is 0 Å². The molecule has 166 valence electrons. The van der Waals surface area contributed by atoms with E-state index in [4.69, 9.17) is 9.57 Å². The van der Waals surface area contributed by atoms with Gasteiger partial charge in [0, 0.05) is 12.2 Å². The Morgan fingerprint density at radius 2 is 2.03 bits per heavy atom. The molecule has 11 heteroatoms. The van der Waals surface area contributed by atoms with Crippen molar-refractivity contribution in [3.05, 3.63) is 28.8 Å². The Labute approximate surface area is 172 Å². The van der Waals surface area contributed by atoms with Gasteiger partial charge in [-0.25, -0.2) is 13.1 Å². The third-order valence-electron chi connectivity index (χ3n) is 4.86. The summed E-state index contributed by atoms with van der Waals surface area (Å²) in [6.45, 7) is 1.74. The molecular formula is C19H23F3N2O5S. The molecule has 1 atom stereocenters. The van der Waals surface area contributed by atoms with E-state index in [0.29, 0.717) is 19.4 Å². The molecule has 1 saturated carbocycles. The smallest absolute Gasteiger partial charge is 0.392 e. The van der Waals surface area contributed by atoms with Gasteiger partial charge in [-0.15, -0.1) is 0 Å². The highest BCUT2D eigenvalue weighted by atomic mass is 32.2. The van der Waals surface area contributed by atoms with Crippen LogP contribution in [0.3, 0.4) is 0 Å². The Kier molecular flexibility index (Phi) is 6.71. The first-order chi connectivity index (χ1) is 14.1. The summed E-state index contributed by atoms with van der Waals surface area (Å²) in [6, 6.07) is 2.06. The van der Waals surface area contributed by atoms with Gasteiger partial charge in [0.1, 0.15) is 12.2 Å². The van der Waals surface area contributed by atoms with E-state index in [1.807, 2.05) is 4.72 Å². The number of ether oxygens (including phenoxy) is 1. The van der Waals surface area contributed by atoms with Crippen molar-refractivity contribution in [2.75, 3.05) is 6.61 Å². The maximum atomic E-state index is 13.8. The number of amides is 1. The molecule has 1 aromatic carbocycles. The van der Waals surface area contributed by atoms with E-state index in [1.165, 1.54) is 6.92 Å². The summed E-state index contributed by atoms with van der Waals surface area (Å²) in [7, 11) is -4.53. The van der Waals surface area contributed by atoms with Crippen molar-refractivity contribution >= 4 is 22.1 Å². The van der Waals surface area contributed by atoms with Gasteiger partial charge < -0.3 is 9.57 Å². The van der Waals surface area contributed by atoms with Gasteiger partial charge in [0.2, 0.25) is 0 Å². The van der Waals surface area contributed by atoms with Crippen LogP contribution in [-0.4, -0.2) is 39.4 Å². The summed E-state index contributed by atoms with van der Waals surface area (Å²) in [6.07, 6.45) is -1.72. The lowest BCUT2D eigenvalue weighted by Gasteiger charge is -2.22. The largest absolute Gasteiger partial charge is 0.417 e. The van der Waals surface area contributed by atoms with Gasteiger partial charge in [-0.05, 0) is 50.2 Å². The van der Waals surface area contributed by atoms with Gasteiger partial charge in [0.15, 0.2) is 0 Å². The second-order valence-electron chi connectivity index (χ2n) is 7.22. The first-order valence-electron chi connectivity index (χ1n) is 9.74. The molecule has 1 saturated heterocycles. The first-order valence-corrected chi connectivity index (χ1v) is 11.2. The molecule has 30 heavy (non-hydrogen) atoms. The lowest BCUT2D eigenvalue weighted by atomic mass is 9.99. The number of alkyl halides is 3. The highest BCUT2D eigenvalue weighted by molar-refractivity contribution is 7.90. The van der Waals surface area contributed by atoms with Crippen LogP contribution in [0.5, 0.6) is 0 Å². The van der Waals surface area contributed by atoms with Gasteiger partial charge >= 0.3 is 6.18 Å². The number of hydrogen-bond donors (Lipinski definition) is 1. The van der Waals surface area contributed by atoms with Crippen molar-refractivity contribution < 1.29 is 36.0 Å². The molecule has 0 spiro atoms. The standard InChI is InChI=1S/C19H23F3N2O5S/c1-2-14-16(30(26,27)24-18(25)15-5-3-4-10-28-15)9-6-12(17(14)19(20,21)22)11-23-29-13-7-8-13/h6,9,11,13,15H,2-5,7-8,10H2,1H3,(H,24,25)/b23-11+. The van der Waals surface area contributed by atoms with Gasteiger partial charge in [-0.2, -0.15) is 13.2 Å². The number of oxime groups is 1. The van der Waals surface area contributed by atoms with Crippen LogP contribution in [0.15, 0.2) is 22.2 Å². The summed E-state index contributed by atoms with van der Waals surface area (Å²) in [5.74, 6) is -0.881. The summed E-state index contributed by atoms with van der Waals surface area (Å²) in [5, 5.41) is 3.59. The maximum absolute atomic E-state index is 13.8. The predicted molar refractivity (Wildman–Crippen MR) is 101 cm³/mol. The number of nitrogens with one attached hydrogen (secondary N) is 1. The number of halogens is 3. The summed E-state index contributed by atoms with van der Waals surface area (Å²) in [4.78, 5) is 16.7. The summed E-state index contributed by atoms with van der Waals surface area (Å²) in [5.41, 5.74) is -1.86. The van der Waals surface area contributed by atoms with Crippen LogP contribution in [0.4, 0.5) is 13.2 Å². The number of hydrogen-bond acceptors (Lipinski definition) is 6. The number of nitrogens with zero attached hydrogens (tertiary/aromatic N) is 1. The third-order valence-corrected chi connectivity index (χ3v) is 6.29. The predicted octanol–water partition coefficient (Wildman–Crippen LogP) is 3.15. The average molecular weight is 448 g/mol. The first kappa shape index (κ1) is 22.5. The molecular weight excluding hydrogens is 425 g/mol. The maximum Gasteiger partial charge on any atom is 0.417 e. The Morgan fingerprint density at radius 3 is 2.60 bits per heavy atom. The Morgan fingerprint density at radius 1 is 1.30 bits per heavy atom. The highest BCUT2D eigenvalue weighted by Crippen LogP contribution is 2.37. The Hall–Kier alpha value is -2.14. The van der Waals surface area contributed by atoms with Crippen LogP contribution >= 0.6 is 0 Å². The van der Waals surface area contributed by atoms with E-state index in [1.54, 1.807) is 0 Å². The van der Waals surface area contributed by atoms with Crippen LogP contribution in [0, 0.1) is 0 Å².